The molecular formula is C13H19IOS. The molecule has 0 aliphatic carbocycles. The third kappa shape index (κ3) is 4.53. The monoisotopic (exact) mass is 350 g/mol. The average molecular weight is 350 g/mol. The minimum atomic E-state index is 0.321. The summed E-state index contributed by atoms with van der Waals surface area (Å²) in [6.07, 6.45) is 5.50. The molecule has 0 bridgehead atoms. The molecule has 0 aromatic carbocycles. The summed E-state index contributed by atoms with van der Waals surface area (Å²) in [5.41, 5.74) is 0.907. The van der Waals surface area contributed by atoms with E-state index in [-0.39, 0.29) is 0 Å². The predicted octanol–water partition coefficient (Wildman–Crippen LogP) is 5.14. The van der Waals surface area contributed by atoms with Crippen molar-refractivity contribution in [1.29, 1.82) is 0 Å². The zero-order chi connectivity index (χ0) is 12.0. The minimum Gasteiger partial charge on any atom is -0.294 e. The molecule has 0 fully saturated rings. The predicted molar refractivity (Wildman–Crippen MR) is 79.3 cm³/mol. The van der Waals surface area contributed by atoms with Gasteiger partial charge < -0.3 is 0 Å². The summed E-state index contributed by atoms with van der Waals surface area (Å²) in [7, 11) is 0. The number of carbonyl (C=O) groups is 1. The van der Waals surface area contributed by atoms with E-state index in [1.54, 1.807) is 11.3 Å². The Kier molecular flexibility index (Phi) is 6.58. The molecule has 1 unspecified atom stereocenters. The van der Waals surface area contributed by atoms with Crippen LogP contribution in [0.1, 0.15) is 56.3 Å². The Morgan fingerprint density at radius 3 is 2.75 bits per heavy atom. The van der Waals surface area contributed by atoms with Gasteiger partial charge in [-0.3, -0.25) is 4.79 Å². The number of rotatable bonds is 7. The highest BCUT2D eigenvalue weighted by molar-refractivity contribution is 14.1. The van der Waals surface area contributed by atoms with Gasteiger partial charge in [-0.05, 0) is 34.6 Å². The Morgan fingerprint density at radius 1 is 1.50 bits per heavy atom. The second-order valence-electron chi connectivity index (χ2n) is 4.18. The molecule has 1 heterocycles. The van der Waals surface area contributed by atoms with E-state index in [9.17, 15) is 4.79 Å². The van der Waals surface area contributed by atoms with Crippen LogP contribution in [-0.2, 0) is 0 Å². The van der Waals surface area contributed by atoms with Gasteiger partial charge in [-0.25, -0.2) is 0 Å². The van der Waals surface area contributed by atoms with Gasteiger partial charge in [0.25, 0.3) is 0 Å². The van der Waals surface area contributed by atoms with E-state index in [1.165, 1.54) is 22.1 Å². The topological polar surface area (TPSA) is 17.1 Å². The lowest BCUT2D eigenvalue weighted by atomic mass is 9.92. The molecule has 1 aromatic heterocycles. The van der Waals surface area contributed by atoms with Gasteiger partial charge in [0.05, 0.1) is 2.88 Å². The van der Waals surface area contributed by atoms with Gasteiger partial charge in [0.15, 0.2) is 5.78 Å². The normalized spacial score (nSPS) is 12.7. The summed E-state index contributed by atoms with van der Waals surface area (Å²) in [6, 6.07) is 2.00. The molecule has 1 nitrogen and oxygen atoms in total. The molecule has 16 heavy (non-hydrogen) atoms. The minimum absolute atomic E-state index is 0.321. The van der Waals surface area contributed by atoms with Crippen LogP contribution in [-0.4, -0.2) is 5.78 Å². The lowest BCUT2D eigenvalue weighted by Crippen LogP contribution is -2.07. The number of thiophene rings is 1. The molecule has 0 aliphatic rings. The number of Topliss-reactive ketones (excluding diaryl/α,β-unsaturated/α-hetero) is 1. The van der Waals surface area contributed by atoms with E-state index in [0.29, 0.717) is 11.7 Å². The molecule has 0 N–H and O–H groups in total. The number of carbonyl (C=O) groups excluding carboxylic acids is 1. The zero-order valence-corrected chi connectivity index (χ0v) is 12.9. The summed E-state index contributed by atoms with van der Waals surface area (Å²) in [5.74, 6) is 0.895. The van der Waals surface area contributed by atoms with E-state index in [1.807, 2.05) is 11.4 Å². The summed E-state index contributed by atoms with van der Waals surface area (Å²) in [5, 5.41) is 1.98. The van der Waals surface area contributed by atoms with Crippen molar-refractivity contribution in [3.63, 3.8) is 0 Å². The Morgan fingerprint density at radius 2 is 2.25 bits per heavy atom. The van der Waals surface area contributed by atoms with Crippen molar-refractivity contribution in [2.24, 2.45) is 5.92 Å². The van der Waals surface area contributed by atoms with Crippen LogP contribution in [0.5, 0.6) is 0 Å². The summed E-state index contributed by atoms with van der Waals surface area (Å²) < 4.78 is 1.20. The van der Waals surface area contributed by atoms with Crippen LogP contribution in [0.2, 0.25) is 0 Å². The van der Waals surface area contributed by atoms with Crippen molar-refractivity contribution in [2.75, 3.05) is 0 Å². The highest BCUT2D eigenvalue weighted by atomic mass is 127. The molecule has 0 saturated heterocycles. The molecule has 1 atom stereocenters. The second kappa shape index (κ2) is 7.43. The van der Waals surface area contributed by atoms with Crippen molar-refractivity contribution >= 4 is 39.7 Å². The SMILES string of the molecule is CCCCC(CC)CC(=O)c1csc(I)c1. The first-order chi connectivity index (χ1) is 7.67. The van der Waals surface area contributed by atoms with Crippen molar-refractivity contribution in [3.05, 3.63) is 19.9 Å². The van der Waals surface area contributed by atoms with Crippen LogP contribution in [0, 0.1) is 8.80 Å². The van der Waals surface area contributed by atoms with Crippen molar-refractivity contribution in [2.45, 2.75) is 46.0 Å². The number of unbranched alkanes of at least 4 members (excludes halogenated alkanes) is 1. The number of halogens is 1. The highest BCUT2D eigenvalue weighted by Gasteiger charge is 2.14. The fraction of sp³-hybridized carbons (Fsp3) is 0.615. The van der Waals surface area contributed by atoms with Gasteiger partial charge in [-0.2, -0.15) is 0 Å². The largest absolute Gasteiger partial charge is 0.294 e. The lowest BCUT2D eigenvalue weighted by molar-refractivity contribution is 0.0957. The molecule has 0 aliphatic heterocycles. The van der Waals surface area contributed by atoms with Crippen LogP contribution in [0.3, 0.4) is 0 Å². The third-order valence-corrected chi connectivity index (χ3v) is 4.70. The van der Waals surface area contributed by atoms with Gasteiger partial charge in [0.1, 0.15) is 0 Å². The second-order valence-corrected chi connectivity index (χ2v) is 6.99. The van der Waals surface area contributed by atoms with E-state index in [4.69, 9.17) is 0 Å². The van der Waals surface area contributed by atoms with Crippen LogP contribution in [0.25, 0.3) is 0 Å². The van der Waals surface area contributed by atoms with Gasteiger partial charge in [-0.1, -0.05) is 39.5 Å². The fourth-order valence-electron chi connectivity index (χ4n) is 1.78. The molecule has 1 aromatic rings. The maximum absolute atomic E-state index is 12.0. The quantitative estimate of drug-likeness (QED) is 0.491. The van der Waals surface area contributed by atoms with E-state index < -0.39 is 0 Å². The molecule has 0 spiro atoms. The van der Waals surface area contributed by atoms with Crippen molar-refractivity contribution < 1.29 is 4.79 Å². The van der Waals surface area contributed by atoms with Crippen molar-refractivity contribution in [3.8, 4) is 0 Å². The Labute approximate surface area is 116 Å². The van der Waals surface area contributed by atoms with Crippen LogP contribution >= 0.6 is 33.9 Å². The van der Waals surface area contributed by atoms with E-state index in [2.05, 4.69) is 36.4 Å². The number of hydrogen-bond donors (Lipinski definition) is 0. The van der Waals surface area contributed by atoms with Crippen LogP contribution < -0.4 is 0 Å². The van der Waals surface area contributed by atoms with E-state index in [0.717, 1.165) is 18.4 Å². The first-order valence-electron chi connectivity index (χ1n) is 5.94. The molecule has 0 radical (unpaired) electrons. The van der Waals surface area contributed by atoms with Gasteiger partial charge in [0.2, 0.25) is 0 Å². The average Bonchev–Trinajstić information content (AvgIpc) is 2.70. The zero-order valence-electron chi connectivity index (χ0n) is 9.96. The highest BCUT2D eigenvalue weighted by Crippen LogP contribution is 2.22. The molecule has 3 heteroatoms. The Balaban J connectivity index is 2.48. The lowest BCUT2D eigenvalue weighted by Gasteiger charge is -2.12. The summed E-state index contributed by atoms with van der Waals surface area (Å²) in [6.45, 7) is 4.39. The Hall–Kier alpha value is 0.1000. The maximum atomic E-state index is 12.0. The van der Waals surface area contributed by atoms with Gasteiger partial charge in [-0.15, -0.1) is 11.3 Å². The van der Waals surface area contributed by atoms with Crippen LogP contribution in [0.15, 0.2) is 11.4 Å². The molecule has 0 amide bonds. The van der Waals surface area contributed by atoms with E-state index >= 15 is 0 Å². The first kappa shape index (κ1) is 14.2. The standard InChI is InChI=1S/C13H19IOS/c1-3-5-6-10(4-2)7-12(15)11-8-13(14)16-9-11/h8-10H,3-7H2,1-2H3. The molecule has 1 rings (SSSR count). The molecule has 0 saturated carbocycles. The fourth-order valence-corrected chi connectivity index (χ4v) is 3.13. The molecular weight excluding hydrogens is 331 g/mol. The first-order valence-corrected chi connectivity index (χ1v) is 7.90. The van der Waals surface area contributed by atoms with Gasteiger partial charge >= 0.3 is 0 Å². The maximum Gasteiger partial charge on any atom is 0.164 e. The third-order valence-electron chi connectivity index (χ3n) is 2.91. The smallest absolute Gasteiger partial charge is 0.164 e. The number of ketones is 1. The van der Waals surface area contributed by atoms with Gasteiger partial charge in [0, 0.05) is 17.4 Å². The summed E-state index contributed by atoms with van der Waals surface area (Å²) in [4.78, 5) is 12.0. The van der Waals surface area contributed by atoms with Crippen molar-refractivity contribution in [1.82, 2.24) is 0 Å². The number of hydrogen-bond acceptors (Lipinski definition) is 2. The Bertz CT molecular complexity index is 332. The van der Waals surface area contributed by atoms with Crippen LogP contribution in [0.4, 0.5) is 0 Å². The summed E-state index contributed by atoms with van der Waals surface area (Å²) >= 11 is 3.92. The molecule has 90 valence electrons.